The first-order chi connectivity index (χ1) is 8.20. The third kappa shape index (κ3) is 2.64. The molecule has 0 bridgehead atoms. The van der Waals surface area contributed by atoms with Crippen molar-refractivity contribution in [1.82, 2.24) is 14.8 Å². The molecule has 2 rings (SSSR count). The number of hydrogen-bond donors (Lipinski definition) is 1. The molecule has 0 amide bonds. The molecule has 1 N–H and O–H groups in total. The molecule has 0 fully saturated rings. The van der Waals surface area contributed by atoms with E-state index in [9.17, 15) is 0 Å². The van der Waals surface area contributed by atoms with E-state index in [1.165, 1.54) is 5.56 Å². The van der Waals surface area contributed by atoms with Gasteiger partial charge in [0.05, 0.1) is 23.6 Å². The van der Waals surface area contributed by atoms with Gasteiger partial charge in [0, 0.05) is 19.4 Å². The molecule has 0 radical (unpaired) electrons. The molecule has 0 aliphatic rings. The van der Waals surface area contributed by atoms with Crippen molar-refractivity contribution < 1.29 is 0 Å². The normalized spacial score (nSPS) is 10.5. The van der Waals surface area contributed by atoms with E-state index < -0.39 is 0 Å². The Morgan fingerprint density at radius 1 is 1.35 bits per heavy atom. The summed E-state index contributed by atoms with van der Waals surface area (Å²) >= 11 is 0. The number of rotatable bonds is 4. The summed E-state index contributed by atoms with van der Waals surface area (Å²) in [5.41, 5.74) is 4.49. The average Bonchev–Trinajstić information content (AvgIpc) is 2.69. The maximum absolute atomic E-state index is 4.40. The first-order valence-corrected chi connectivity index (χ1v) is 5.87. The highest BCUT2D eigenvalue weighted by molar-refractivity contribution is 5.46. The van der Waals surface area contributed by atoms with Gasteiger partial charge in [0.1, 0.15) is 0 Å². The van der Waals surface area contributed by atoms with Crippen molar-refractivity contribution in [2.75, 3.05) is 5.32 Å². The molecule has 0 aliphatic heterocycles. The summed E-state index contributed by atoms with van der Waals surface area (Å²) in [4.78, 5) is 4.37. The molecule has 90 valence electrons. The van der Waals surface area contributed by atoms with E-state index in [1.54, 1.807) is 0 Å². The fourth-order valence-corrected chi connectivity index (χ4v) is 1.83. The number of pyridine rings is 1. The summed E-state index contributed by atoms with van der Waals surface area (Å²) in [5, 5.41) is 7.79. The van der Waals surface area contributed by atoms with Crippen molar-refractivity contribution in [1.29, 1.82) is 0 Å². The van der Waals surface area contributed by atoms with Crippen molar-refractivity contribution in [3.63, 3.8) is 0 Å². The Hall–Kier alpha value is -1.84. The lowest BCUT2D eigenvalue weighted by Gasteiger charge is -2.07. The SMILES string of the molecule is CCc1nn(C)cc1NCc1ncccc1C. The Kier molecular flexibility index (Phi) is 3.42. The van der Waals surface area contributed by atoms with Crippen LogP contribution in [0.4, 0.5) is 5.69 Å². The highest BCUT2D eigenvalue weighted by Crippen LogP contribution is 2.15. The van der Waals surface area contributed by atoms with Gasteiger partial charge in [0.25, 0.3) is 0 Å². The Labute approximate surface area is 102 Å². The standard InChI is InChI=1S/C13H18N4/c1-4-11-13(9-17(3)16-11)15-8-12-10(2)6-5-7-14-12/h5-7,9,15H,4,8H2,1-3H3. The topological polar surface area (TPSA) is 42.7 Å². The second-order valence-electron chi connectivity index (χ2n) is 4.14. The van der Waals surface area contributed by atoms with Crippen LogP contribution in [0, 0.1) is 6.92 Å². The maximum atomic E-state index is 4.40. The van der Waals surface area contributed by atoms with Gasteiger partial charge in [-0.25, -0.2) is 0 Å². The van der Waals surface area contributed by atoms with Crippen LogP contribution in [0.3, 0.4) is 0 Å². The van der Waals surface area contributed by atoms with E-state index in [-0.39, 0.29) is 0 Å². The number of anilines is 1. The van der Waals surface area contributed by atoms with Crippen LogP contribution in [0.2, 0.25) is 0 Å². The molecule has 0 unspecified atom stereocenters. The van der Waals surface area contributed by atoms with Crippen molar-refractivity contribution in [3.05, 3.63) is 41.5 Å². The summed E-state index contributed by atoms with van der Waals surface area (Å²) in [5.74, 6) is 0. The highest BCUT2D eigenvalue weighted by Gasteiger charge is 2.06. The van der Waals surface area contributed by atoms with Crippen molar-refractivity contribution >= 4 is 5.69 Å². The van der Waals surface area contributed by atoms with Crippen molar-refractivity contribution in [2.45, 2.75) is 26.8 Å². The lowest BCUT2D eigenvalue weighted by molar-refractivity contribution is 0.746. The van der Waals surface area contributed by atoms with E-state index in [0.717, 1.165) is 30.0 Å². The molecule has 0 aliphatic carbocycles. The van der Waals surface area contributed by atoms with Gasteiger partial charge in [-0.3, -0.25) is 9.67 Å². The van der Waals surface area contributed by atoms with Gasteiger partial charge in [-0.15, -0.1) is 0 Å². The van der Waals surface area contributed by atoms with E-state index >= 15 is 0 Å². The zero-order valence-electron chi connectivity index (χ0n) is 10.6. The molecule has 0 saturated heterocycles. The number of aryl methyl sites for hydroxylation is 3. The number of hydrogen-bond acceptors (Lipinski definition) is 3. The minimum Gasteiger partial charge on any atom is -0.377 e. The third-order valence-corrected chi connectivity index (χ3v) is 2.80. The van der Waals surface area contributed by atoms with Crippen LogP contribution >= 0.6 is 0 Å². The monoisotopic (exact) mass is 230 g/mol. The summed E-state index contributed by atoms with van der Waals surface area (Å²) in [6.45, 7) is 4.93. The summed E-state index contributed by atoms with van der Waals surface area (Å²) in [6.07, 6.45) is 4.77. The molecule has 17 heavy (non-hydrogen) atoms. The second-order valence-corrected chi connectivity index (χ2v) is 4.14. The molecule has 0 atom stereocenters. The van der Waals surface area contributed by atoms with Gasteiger partial charge in [-0.05, 0) is 25.0 Å². The van der Waals surface area contributed by atoms with Gasteiger partial charge in [0.15, 0.2) is 0 Å². The Bertz CT molecular complexity index is 502. The zero-order chi connectivity index (χ0) is 12.3. The van der Waals surface area contributed by atoms with Gasteiger partial charge in [-0.2, -0.15) is 5.10 Å². The summed E-state index contributed by atoms with van der Waals surface area (Å²) < 4.78 is 1.84. The summed E-state index contributed by atoms with van der Waals surface area (Å²) in [7, 11) is 1.94. The predicted molar refractivity (Wildman–Crippen MR) is 68.9 cm³/mol. The van der Waals surface area contributed by atoms with Crippen LogP contribution in [0.1, 0.15) is 23.9 Å². The van der Waals surface area contributed by atoms with E-state index in [2.05, 4.69) is 35.3 Å². The average molecular weight is 230 g/mol. The Morgan fingerprint density at radius 2 is 2.18 bits per heavy atom. The van der Waals surface area contributed by atoms with Crippen molar-refractivity contribution in [2.24, 2.45) is 7.05 Å². The predicted octanol–water partition coefficient (Wildman–Crippen LogP) is 2.30. The Morgan fingerprint density at radius 3 is 2.88 bits per heavy atom. The first-order valence-electron chi connectivity index (χ1n) is 5.87. The van der Waals surface area contributed by atoms with Gasteiger partial charge in [0.2, 0.25) is 0 Å². The molecule has 0 saturated carbocycles. The first kappa shape index (κ1) is 11.6. The molecule has 4 heteroatoms. The zero-order valence-corrected chi connectivity index (χ0v) is 10.6. The molecule has 0 aromatic carbocycles. The smallest absolute Gasteiger partial charge is 0.0853 e. The Balaban J connectivity index is 2.09. The lowest BCUT2D eigenvalue weighted by atomic mass is 10.2. The number of nitrogens with zero attached hydrogens (tertiary/aromatic N) is 3. The minimum atomic E-state index is 0.741. The quantitative estimate of drug-likeness (QED) is 0.876. The van der Waals surface area contributed by atoms with Crippen LogP contribution in [0.15, 0.2) is 24.5 Å². The fourth-order valence-electron chi connectivity index (χ4n) is 1.83. The second kappa shape index (κ2) is 4.99. The molecule has 0 spiro atoms. The highest BCUT2D eigenvalue weighted by atomic mass is 15.3. The fraction of sp³-hybridized carbons (Fsp3) is 0.385. The van der Waals surface area contributed by atoms with E-state index in [4.69, 9.17) is 0 Å². The largest absolute Gasteiger partial charge is 0.377 e. The van der Waals surface area contributed by atoms with Crippen LogP contribution < -0.4 is 5.32 Å². The molecule has 2 heterocycles. The molecule has 4 nitrogen and oxygen atoms in total. The number of nitrogens with one attached hydrogen (secondary N) is 1. The third-order valence-electron chi connectivity index (χ3n) is 2.80. The van der Waals surface area contributed by atoms with Gasteiger partial charge < -0.3 is 5.32 Å². The van der Waals surface area contributed by atoms with Crippen LogP contribution in [-0.4, -0.2) is 14.8 Å². The minimum absolute atomic E-state index is 0.741. The molecule has 2 aromatic rings. The lowest BCUT2D eigenvalue weighted by Crippen LogP contribution is -2.04. The molecule has 2 aromatic heterocycles. The van der Waals surface area contributed by atoms with Crippen LogP contribution in [0.25, 0.3) is 0 Å². The van der Waals surface area contributed by atoms with Crippen molar-refractivity contribution in [3.8, 4) is 0 Å². The van der Waals surface area contributed by atoms with E-state index in [0.29, 0.717) is 0 Å². The van der Waals surface area contributed by atoms with Gasteiger partial charge >= 0.3 is 0 Å². The van der Waals surface area contributed by atoms with Crippen LogP contribution in [-0.2, 0) is 20.0 Å². The summed E-state index contributed by atoms with van der Waals surface area (Å²) in [6, 6.07) is 4.04. The van der Waals surface area contributed by atoms with Crippen LogP contribution in [0.5, 0.6) is 0 Å². The molecular formula is C13H18N4. The molecular weight excluding hydrogens is 212 g/mol. The van der Waals surface area contributed by atoms with E-state index in [1.807, 2.05) is 30.2 Å². The number of aromatic nitrogens is 3. The maximum Gasteiger partial charge on any atom is 0.0853 e. The van der Waals surface area contributed by atoms with Gasteiger partial charge in [-0.1, -0.05) is 13.0 Å².